The first kappa shape index (κ1) is 16.6. The number of nitrogens with one attached hydrogen (secondary N) is 1. The van der Waals surface area contributed by atoms with Crippen molar-refractivity contribution in [3.05, 3.63) is 72.2 Å². The van der Waals surface area contributed by atoms with Crippen molar-refractivity contribution in [3.63, 3.8) is 0 Å². The lowest BCUT2D eigenvalue weighted by Gasteiger charge is -2.11. The number of carbonyl (C=O) groups is 1. The standard InChI is InChI=1S/C22H23N3O/c26-22(14-13-17-8-2-1-3-9-17)24-19-11-5-4-10-18(19)20-16-25-15-7-6-12-21(25)23-20/h1-5,8-11,16H,6-7,12-15H2,(H,24,26). The number of hydrogen-bond donors (Lipinski definition) is 1. The number of amides is 1. The quantitative estimate of drug-likeness (QED) is 0.742. The van der Waals surface area contributed by atoms with E-state index in [-0.39, 0.29) is 5.91 Å². The van der Waals surface area contributed by atoms with Gasteiger partial charge < -0.3 is 9.88 Å². The molecule has 0 unspecified atom stereocenters. The van der Waals surface area contributed by atoms with Crippen LogP contribution in [0.1, 0.15) is 30.7 Å². The third-order valence-electron chi connectivity index (χ3n) is 4.87. The minimum absolute atomic E-state index is 0.0327. The molecule has 2 aromatic carbocycles. The van der Waals surface area contributed by atoms with Gasteiger partial charge in [0.05, 0.1) is 11.4 Å². The summed E-state index contributed by atoms with van der Waals surface area (Å²) in [6.45, 7) is 1.04. The minimum atomic E-state index is 0.0327. The lowest BCUT2D eigenvalue weighted by molar-refractivity contribution is -0.116. The molecule has 0 atom stereocenters. The number of fused-ring (bicyclic) bond motifs is 1. The number of rotatable bonds is 5. The molecule has 1 aliphatic heterocycles. The molecule has 1 aromatic heterocycles. The van der Waals surface area contributed by atoms with Crippen LogP contribution in [0, 0.1) is 0 Å². The Hall–Kier alpha value is -2.88. The maximum absolute atomic E-state index is 12.4. The van der Waals surface area contributed by atoms with Crippen LogP contribution in [-0.4, -0.2) is 15.5 Å². The molecule has 4 nitrogen and oxygen atoms in total. The Kier molecular flexibility index (Phi) is 4.82. The smallest absolute Gasteiger partial charge is 0.224 e. The van der Waals surface area contributed by atoms with Crippen molar-refractivity contribution in [1.29, 1.82) is 0 Å². The molecule has 0 saturated carbocycles. The number of aryl methyl sites for hydroxylation is 3. The van der Waals surface area contributed by atoms with Crippen molar-refractivity contribution in [3.8, 4) is 11.3 Å². The first-order valence-corrected chi connectivity index (χ1v) is 9.29. The van der Waals surface area contributed by atoms with Gasteiger partial charge in [0.15, 0.2) is 0 Å². The van der Waals surface area contributed by atoms with Gasteiger partial charge in [0.25, 0.3) is 0 Å². The zero-order chi connectivity index (χ0) is 17.8. The van der Waals surface area contributed by atoms with Crippen molar-refractivity contribution in [2.45, 2.75) is 38.6 Å². The second kappa shape index (κ2) is 7.56. The maximum atomic E-state index is 12.4. The van der Waals surface area contributed by atoms with E-state index in [4.69, 9.17) is 4.98 Å². The summed E-state index contributed by atoms with van der Waals surface area (Å²) in [5.74, 6) is 1.18. The molecule has 0 bridgehead atoms. The van der Waals surface area contributed by atoms with Gasteiger partial charge >= 0.3 is 0 Å². The fourth-order valence-electron chi connectivity index (χ4n) is 3.47. The minimum Gasteiger partial charge on any atom is -0.334 e. The molecule has 26 heavy (non-hydrogen) atoms. The summed E-state index contributed by atoms with van der Waals surface area (Å²) in [7, 11) is 0. The van der Waals surface area contributed by atoms with Crippen LogP contribution in [0.2, 0.25) is 0 Å². The van der Waals surface area contributed by atoms with Gasteiger partial charge in [-0.05, 0) is 30.9 Å². The Morgan fingerprint density at radius 1 is 1.04 bits per heavy atom. The van der Waals surface area contributed by atoms with Crippen LogP contribution < -0.4 is 5.32 Å². The Bertz CT molecular complexity index is 875. The van der Waals surface area contributed by atoms with E-state index in [1.165, 1.54) is 18.4 Å². The predicted octanol–water partition coefficient (Wildman–Crippen LogP) is 4.46. The van der Waals surface area contributed by atoms with Gasteiger partial charge in [-0.3, -0.25) is 4.79 Å². The first-order valence-electron chi connectivity index (χ1n) is 9.29. The SMILES string of the molecule is O=C(CCc1ccccc1)Nc1ccccc1-c1cn2c(n1)CCCC2. The fraction of sp³-hybridized carbons (Fsp3) is 0.273. The predicted molar refractivity (Wildman–Crippen MR) is 104 cm³/mol. The lowest BCUT2D eigenvalue weighted by Crippen LogP contribution is -2.13. The highest BCUT2D eigenvalue weighted by Gasteiger charge is 2.16. The van der Waals surface area contributed by atoms with E-state index < -0.39 is 0 Å². The number of imidazole rings is 1. The molecular weight excluding hydrogens is 322 g/mol. The van der Waals surface area contributed by atoms with Crippen LogP contribution in [-0.2, 0) is 24.2 Å². The Balaban J connectivity index is 1.49. The summed E-state index contributed by atoms with van der Waals surface area (Å²) in [6, 6.07) is 18.0. The lowest BCUT2D eigenvalue weighted by atomic mass is 10.1. The Labute approximate surface area is 153 Å². The molecule has 132 valence electrons. The number of aromatic nitrogens is 2. The molecule has 2 heterocycles. The highest BCUT2D eigenvalue weighted by atomic mass is 16.1. The van der Waals surface area contributed by atoms with E-state index in [9.17, 15) is 4.79 Å². The van der Waals surface area contributed by atoms with Crippen molar-refractivity contribution < 1.29 is 4.79 Å². The average molecular weight is 345 g/mol. The van der Waals surface area contributed by atoms with Crippen LogP contribution >= 0.6 is 0 Å². The molecule has 0 saturated heterocycles. The number of nitrogens with zero attached hydrogens (tertiary/aromatic N) is 2. The summed E-state index contributed by atoms with van der Waals surface area (Å²) >= 11 is 0. The van der Waals surface area contributed by atoms with Gasteiger partial charge in [-0.2, -0.15) is 0 Å². The van der Waals surface area contributed by atoms with Gasteiger partial charge in [0.1, 0.15) is 5.82 Å². The molecule has 0 spiro atoms. The second-order valence-electron chi connectivity index (χ2n) is 6.77. The van der Waals surface area contributed by atoms with Crippen LogP contribution in [0.4, 0.5) is 5.69 Å². The van der Waals surface area contributed by atoms with E-state index in [2.05, 4.69) is 28.2 Å². The topological polar surface area (TPSA) is 46.9 Å². The van der Waals surface area contributed by atoms with Crippen LogP contribution in [0.5, 0.6) is 0 Å². The fourth-order valence-corrected chi connectivity index (χ4v) is 3.47. The van der Waals surface area contributed by atoms with Gasteiger partial charge in [0, 0.05) is 31.1 Å². The number of para-hydroxylation sites is 1. The van der Waals surface area contributed by atoms with Gasteiger partial charge in [0.2, 0.25) is 5.91 Å². The van der Waals surface area contributed by atoms with E-state index >= 15 is 0 Å². The van der Waals surface area contributed by atoms with Crippen molar-refractivity contribution >= 4 is 11.6 Å². The van der Waals surface area contributed by atoms with Gasteiger partial charge in [-0.15, -0.1) is 0 Å². The highest BCUT2D eigenvalue weighted by Crippen LogP contribution is 2.29. The molecular formula is C22H23N3O. The summed E-state index contributed by atoms with van der Waals surface area (Å²) in [6.07, 6.45) is 6.77. The summed E-state index contributed by atoms with van der Waals surface area (Å²) < 4.78 is 2.24. The zero-order valence-electron chi connectivity index (χ0n) is 14.8. The van der Waals surface area contributed by atoms with Gasteiger partial charge in [-0.25, -0.2) is 4.98 Å². The summed E-state index contributed by atoms with van der Waals surface area (Å²) in [4.78, 5) is 17.2. The van der Waals surface area contributed by atoms with Crippen molar-refractivity contribution in [2.24, 2.45) is 0 Å². The monoisotopic (exact) mass is 345 g/mol. The number of hydrogen-bond acceptors (Lipinski definition) is 2. The number of benzene rings is 2. The van der Waals surface area contributed by atoms with Crippen LogP contribution in [0.3, 0.4) is 0 Å². The molecule has 3 aromatic rings. The third kappa shape index (κ3) is 3.69. The van der Waals surface area contributed by atoms with Crippen molar-refractivity contribution in [1.82, 2.24) is 9.55 Å². The molecule has 4 rings (SSSR count). The van der Waals surface area contributed by atoms with Crippen LogP contribution in [0.25, 0.3) is 11.3 Å². The van der Waals surface area contributed by atoms with Gasteiger partial charge in [-0.1, -0.05) is 48.5 Å². The Morgan fingerprint density at radius 3 is 2.69 bits per heavy atom. The van der Waals surface area contributed by atoms with E-state index in [1.807, 2.05) is 42.5 Å². The molecule has 4 heteroatoms. The number of anilines is 1. The Morgan fingerprint density at radius 2 is 1.85 bits per heavy atom. The van der Waals surface area contributed by atoms with Crippen molar-refractivity contribution in [2.75, 3.05) is 5.32 Å². The van der Waals surface area contributed by atoms with E-state index in [1.54, 1.807) is 0 Å². The van der Waals surface area contributed by atoms with E-state index in [0.717, 1.165) is 42.2 Å². The molecule has 1 aliphatic rings. The molecule has 0 aliphatic carbocycles. The summed E-state index contributed by atoms with van der Waals surface area (Å²) in [5.41, 5.74) is 3.95. The third-order valence-corrected chi connectivity index (χ3v) is 4.87. The van der Waals surface area contributed by atoms with E-state index in [0.29, 0.717) is 6.42 Å². The molecule has 1 N–H and O–H groups in total. The zero-order valence-corrected chi connectivity index (χ0v) is 14.8. The number of carbonyl (C=O) groups excluding carboxylic acids is 1. The molecule has 0 fully saturated rings. The molecule has 0 radical (unpaired) electrons. The molecule has 1 amide bonds. The second-order valence-corrected chi connectivity index (χ2v) is 6.77. The normalized spacial score (nSPS) is 13.2. The maximum Gasteiger partial charge on any atom is 0.224 e. The summed E-state index contributed by atoms with van der Waals surface area (Å²) in [5, 5.41) is 3.07. The first-order chi connectivity index (χ1) is 12.8. The average Bonchev–Trinajstić information content (AvgIpc) is 3.12. The van der Waals surface area contributed by atoms with Crippen LogP contribution in [0.15, 0.2) is 60.8 Å². The highest BCUT2D eigenvalue weighted by molar-refractivity contribution is 5.95. The largest absolute Gasteiger partial charge is 0.334 e.